The molecule has 0 spiro atoms. The minimum absolute atomic E-state index is 0.0321. The van der Waals surface area contributed by atoms with Crippen LogP contribution in [0.3, 0.4) is 0 Å². The van der Waals surface area contributed by atoms with Crippen LogP contribution in [-0.2, 0) is 4.79 Å². The number of hydrogen-bond acceptors (Lipinski definition) is 5. The lowest BCUT2D eigenvalue weighted by Gasteiger charge is -2.09. The molecule has 32 heavy (non-hydrogen) atoms. The van der Waals surface area contributed by atoms with Crippen LogP contribution in [0.4, 0.5) is 11.4 Å². The molecule has 2 amide bonds. The third kappa shape index (κ3) is 6.26. The number of nitrogens with one attached hydrogen (secondary N) is 2. The van der Waals surface area contributed by atoms with Gasteiger partial charge < -0.3 is 20.5 Å². The lowest BCUT2D eigenvalue weighted by Crippen LogP contribution is -2.15. The summed E-state index contributed by atoms with van der Waals surface area (Å²) in [6, 6.07) is 18.0. The number of benzene rings is 3. The molecule has 3 rings (SSSR count). The number of carbonyl (C=O) groups excluding carboxylic acids is 2. The van der Waals surface area contributed by atoms with Gasteiger partial charge in [0, 0.05) is 16.1 Å². The van der Waals surface area contributed by atoms with E-state index in [1.54, 1.807) is 55.6 Å². The number of anilines is 2. The highest BCUT2D eigenvalue weighted by atomic mass is 35.5. The molecular weight excluding hydrogens is 452 g/mol. The first-order chi connectivity index (χ1) is 15.4. The zero-order valence-electron chi connectivity index (χ0n) is 16.9. The summed E-state index contributed by atoms with van der Waals surface area (Å²) in [5.74, 6) is -0.899. The Bertz CT molecular complexity index is 1130. The van der Waals surface area contributed by atoms with Gasteiger partial charge in [0.25, 0.3) is 5.91 Å². The topological polar surface area (TPSA) is 105 Å². The van der Waals surface area contributed by atoms with Crippen LogP contribution in [0.15, 0.2) is 71.6 Å². The minimum Gasteiger partial charge on any atom is -0.497 e. The molecular formula is C23H19ClN2O5S. The molecule has 0 aliphatic heterocycles. The number of carbonyl (C=O) groups is 3. The normalized spacial score (nSPS) is 10.3. The SMILES string of the molecule is COc1ccc(C(=O)Nc2ccc(SCC(=O)Nc3cc(C(=O)O)ccc3Cl)cc2)cc1. The standard InChI is InChI=1S/C23H19ClN2O5S/c1-31-17-7-2-14(3-8-17)22(28)25-16-5-9-18(10-6-16)32-13-21(27)26-20-12-15(23(29)30)4-11-19(20)24/h2-12H,13H2,1H3,(H,25,28)(H,26,27)(H,29,30). The van der Waals surface area contributed by atoms with Crippen LogP contribution in [0.1, 0.15) is 20.7 Å². The predicted molar refractivity (Wildman–Crippen MR) is 125 cm³/mol. The van der Waals surface area contributed by atoms with Crippen LogP contribution < -0.4 is 15.4 Å². The van der Waals surface area contributed by atoms with E-state index in [0.717, 1.165) is 4.90 Å². The van der Waals surface area contributed by atoms with Gasteiger partial charge in [-0.1, -0.05) is 11.6 Å². The number of rotatable bonds is 8. The molecule has 0 heterocycles. The molecule has 9 heteroatoms. The van der Waals surface area contributed by atoms with Crippen LogP contribution >= 0.6 is 23.4 Å². The van der Waals surface area contributed by atoms with Gasteiger partial charge in [-0.25, -0.2) is 4.79 Å². The third-order valence-electron chi connectivity index (χ3n) is 4.32. The molecule has 0 saturated carbocycles. The summed E-state index contributed by atoms with van der Waals surface area (Å²) < 4.78 is 5.08. The Kier molecular flexibility index (Phi) is 7.75. The van der Waals surface area contributed by atoms with E-state index in [4.69, 9.17) is 21.4 Å². The molecule has 164 valence electrons. The van der Waals surface area contributed by atoms with Gasteiger partial charge in [-0.15, -0.1) is 11.8 Å². The lowest BCUT2D eigenvalue weighted by molar-refractivity contribution is -0.113. The molecule has 3 aromatic carbocycles. The molecule has 0 aromatic heterocycles. The Morgan fingerprint density at radius 3 is 2.22 bits per heavy atom. The van der Waals surface area contributed by atoms with Crippen molar-refractivity contribution in [1.82, 2.24) is 0 Å². The Morgan fingerprint density at radius 2 is 1.59 bits per heavy atom. The summed E-state index contributed by atoms with van der Waals surface area (Å²) in [6.45, 7) is 0. The van der Waals surface area contributed by atoms with Crippen molar-refractivity contribution in [3.05, 3.63) is 82.9 Å². The first-order valence-corrected chi connectivity index (χ1v) is 10.7. The number of amides is 2. The fourth-order valence-corrected chi connectivity index (χ4v) is 3.53. The number of thioether (sulfide) groups is 1. The average molecular weight is 471 g/mol. The van der Waals surface area contributed by atoms with Gasteiger partial charge in [-0.3, -0.25) is 9.59 Å². The fraction of sp³-hybridized carbons (Fsp3) is 0.0870. The van der Waals surface area contributed by atoms with Gasteiger partial charge >= 0.3 is 5.97 Å². The number of carboxylic acids is 1. The van der Waals surface area contributed by atoms with Gasteiger partial charge in [0.15, 0.2) is 0 Å². The van der Waals surface area contributed by atoms with E-state index in [9.17, 15) is 14.4 Å². The van der Waals surface area contributed by atoms with Crippen molar-refractivity contribution in [2.75, 3.05) is 23.5 Å². The van der Waals surface area contributed by atoms with E-state index in [1.165, 1.54) is 30.0 Å². The first kappa shape index (κ1) is 23.2. The zero-order chi connectivity index (χ0) is 23.1. The van der Waals surface area contributed by atoms with Crippen molar-refractivity contribution >= 4 is 52.5 Å². The van der Waals surface area contributed by atoms with Crippen molar-refractivity contribution in [2.45, 2.75) is 4.90 Å². The monoisotopic (exact) mass is 470 g/mol. The highest BCUT2D eigenvalue weighted by molar-refractivity contribution is 8.00. The van der Waals surface area contributed by atoms with E-state index >= 15 is 0 Å². The van der Waals surface area contributed by atoms with Crippen molar-refractivity contribution in [2.24, 2.45) is 0 Å². The molecule has 0 atom stereocenters. The van der Waals surface area contributed by atoms with Crippen LogP contribution in [0.25, 0.3) is 0 Å². The number of halogens is 1. The summed E-state index contributed by atoms with van der Waals surface area (Å²) in [5.41, 5.74) is 1.40. The maximum absolute atomic E-state index is 12.3. The molecule has 0 bridgehead atoms. The van der Waals surface area contributed by atoms with Crippen LogP contribution in [0, 0.1) is 0 Å². The van der Waals surface area contributed by atoms with Crippen molar-refractivity contribution < 1.29 is 24.2 Å². The summed E-state index contributed by atoms with van der Waals surface area (Å²) in [6.07, 6.45) is 0. The molecule has 7 nitrogen and oxygen atoms in total. The van der Waals surface area contributed by atoms with Crippen molar-refractivity contribution in [3.63, 3.8) is 0 Å². The van der Waals surface area contributed by atoms with Gasteiger partial charge in [0.2, 0.25) is 5.91 Å². The maximum Gasteiger partial charge on any atom is 0.335 e. The number of hydrogen-bond donors (Lipinski definition) is 3. The first-order valence-electron chi connectivity index (χ1n) is 9.36. The van der Waals surface area contributed by atoms with Crippen LogP contribution in [0.2, 0.25) is 5.02 Å². The molecule has 0 saturated heterocycles. The molecule has 0 radical (unpaired) electrons. The average Bonchev–Trinajstić information content (AvgIpc) is 2.80. The molecule has 3 aromatic rings. The molecule has 0 aliphatic carbocycles. The zero-order valence-corrected chi connectivity index (χ0v) is 18.5. The van der Waals surface area contributed by atoms with Crippen LogP contribution in [0.5, 0.6) is 5.75 Å². The Morgan fingerprint density at radius 1 is 0.938 bits per heavy atom. The smallest absolute Gasteiger partial charge is 0.335 e. The van der Waals surface area contributed by atoms with Gasteiger partial charge in [-0.2, -0.15) is 0 Å². The highest BCUT2D eigenvalue weighted by Gasteiger charge is 2.11. The van der Waals surface area contributed by atoms with Gasteiger partial charge in [0.1, 0.15) is 5.75 Å². The second-order valence-corrected chi connectivity index (χ2v) is 8.00. The molecule has 0 aliphatic rings. The number of aromatic carboxylic acids is 1. The van der Waals surface area contributed by atoms with Gasteiger partial charge in [-0.05, 0) is 66.7 Å². The Labute approximate surface area is 193 Å². The summed E-state index contributed by atoms with van der Waals surface area (Å²) in [5, 5.41) is 14.7. The van der Waals surface area contributed by atoms with Crippen molar-refractivity contribution in [3.8, 4) is 5.75 Å². The van der Waals surface area contributed by atoms with Crippen molar-refractivity contribution in [1.29, 1.82) is 0 Å². The summed E-state index contributed by atoms with van der Waals surface area (Å²) in [4.78, 5) is 36.5. The molecule has 0 unspecified atom stereocenters. The number of methoxy groups -OCH3 is 1. The van der Waals surface area contributed by atoms with Gasteiger partial charge in [0.05, 0.1) is 29.1 Å². The lowest BCUT2D eigenvalue weighted by atomic mass is 10.2. The molecule has 0 fully saturated rings. The number of ether oxygens (including phenoxy) is 1. The highest BCUT2D eigenvalue weighted by Crippen LogP contribution is 2.25. The molecule has 3 N–H and O–H groups in total. The maximum atomic E-state index is 12.3. The third-order valence-corrected chi connectivity index (χ3v) is 5.66. The quantitative estimate of drug-likeness (QED) is 0.399. The summed E-state index contributed by atoms with van der Waals surface area (Å²) >= 11 is 7.32. The largest absolute Gasteiger partial charge is 0.497 e. The van der Waals surface area contributed by atoms with E-state index in [1.807, 2.05) is 0 Å². The second-order valence-electron chi connectivity index (χ2n) is 6.54. The number of carboxylic acid groups (broad SMARTS) is 1. The minimum atomic E-state index is -1.11. The van der Waals surface area contributed by atoms with E-state index < -0.39 is 5.97 Å². The Balaban J connectivity index is 1.53. The fourth-order valence-electron chi connectivity index (χ4n) is 2.67. The Hall–Kier alpha value is -3.49. The van der Waals surface area contributed by atoms with E-state index in [-0.39, 0.29) is 33.8 Å². The van der Waals surface area contributed by atoms with Crippen LogP contribution in [-0.4, -0.2) is 35.8 Å². The summed E-state index contributed by atoms with van der Waals surface area (Å²) in [7, 11) is 1.56. The van der Waals surface area contributed by atoms with E-state index in [0.29, 0.717) is 17.0 Å². The van der Waals surface area contributed by atoms with E-state index in [2.05, 4.69) is 10.6 Å². The predicted octanol–water partition coefficient (Wildman–Crippen LogP) is 5.03. The second kappa shape index (κ2) is 10.7.